The molecule has 1 aliphatic rings. The number of amides is 1. The summed E-state index contributed by atoms with van der Waals surface area (Å²) in [5, 5.41) is 0.824. The molecule has 0 spiro atoms. The number of benzene rings is 2. The molecular weight excluding hydrogens is 372 g/mol. The van der Waals surface area contributed by atoms with Crippen molar-refractivity contribution in [2.75, 3.05) is 12.3 Å². The second-order valence-corrected chi connectivity index (χ2v) is 7.23. The number of halogens is 1. The van der Waals surface area contributed by atoms with Gasteiger partial charge >= 0.3 is 0 Å². The first kappa shape index (κ1) is 16.3. The second-order valence-electron chi connectivity index (χ2n) is 5.25. The minimum absolute atomic E-state index is 0.0188. The van der Waals surface area contributed by atoms with Crippen molar-refractivity contribution in [2.24, 2.45) is 4.99 Å². The van der Waals surface area contributed by atoms with Gasteiger partial charge in [0.1, 0.15) is 0 Å². The molecule has 1 heterocycles. The van der Waals surface area contributed by atoms with Crippen LogP contribution in [0.25, 0.3) is 0 Å². The van der Waals surface area contributed by atoms with Gasteiger partial charge in [-0.3, -0.25) is 14.7 Å². The van der Waals surface area contributed by atoms with E-state index in [9.17, 15) is 4.79 Å². The Bertz CT molecular complexity index is 718. The first-order valence-corrected chi connectivity index (χ1v) is 9.30. The lowest BCUT2D eigenvalue weighted by molar-refractivity contribution is 0.0848. The molecule has 2 aromatic rings. The summed E-state index contributed by atoms with van der Waals surface area (Å²) < 4.78 is 0.913. The number of hydrogen-bond donors (Lipinski definition) is 0. The van der Waals surface area contributed by atoms with Crippen LogP contribution in [0.1, 0.15) is 22.3 Å². The van der Waals surface area contributed by atoms with Crippen molar-refractivity contribution >= 4 is 38.8 Å². The molecule has 0 aliphatic carbocycles. The van der Waals surface area contributed by atoms with Crippen molar-refractivity contribution in [3.05, 3.63) is 70.2 Å². The van der Waals surface area contributed by atoms with Gasteiger partial charge in [-0.2, -0.15) is 0 Å². The van der Waals surface area contributed by atoms with E-state index in [4.69, 9.17) is 0 Å². The Labute approximate surface area is 148 Å². The number of carbonyl (C=O) groups excluding carboxylic acids is 1. The van der Waals surface area contributed by atoms with Crippen LogP contribution in [0.3, 0.4) is 0 Å². The Morgan fingerprint density at radius 2 is 2.00 bits per heavy atom. The highest BCUT2D eigenvalue weighted by Crippen LogP contribution is 2.22. The minimum atomic E-state index is 0.0188. The fourth-order valence-electron chi connectivity index (χ4n) is 2.40. The van der Waals surface area contributed by atoms with E-state index in [0.717, 1.165) is 33.9 Å². The van der Waals surface area contributed by atoms with E-state index in [1.807, 2.05) is 42.5 Å². The zero-order chi connectivity index (χ0) is 16.1. The van der Waals surface area contributed by atoms with E-state index in [-0.39, 0.29) is 5.91 Å². The molecule has 0 bridgehead atoms. The summed E-state index contributed by atoms with van der Waals surface area (Å²) in [6.45, 7) is 1.33. The van der Waals surface area contributed by atoms with E-state index < -0.39 is 0 Å². The molecular formula is C18H17BrN2OS. The maximum Gasteiger partial charge on any atom is 0.259 e. The van der Waals surface area contributed by atoms with Crippen LogP contribution >= 0.6 is 27.7 Å². The Balaban J connectivity index is 1.79. The summed E-state index contributed by atoms with van der Waals surface area (Å²) in [5.41, 5.74) is 1.84. The van der Waals surface area contributed by atoms with Crippen LogP contribution in [0, 0.1) is 0 Å². The monoisotopic (exact) mass is 388 g/mol. The number of carbonyl (C=O) groups is 1. The molecule has 3 nitrogen and oxygen atoms in total. The summed E-state index contributed by atoms with van der Waals surface area (Å²) in [7, 11) is 0. The van der Waals surface area contributed by atoms with Gasteiger partial charge in [-0.1, -0.05) is 64.1 Å². The van der Waals surface area contributed by atoms with Gasteiger partial charge in [0, 0.05) is 22.3 Å². The lowest BCUT2D eigenvalue weighted by Crippen LogP contribution is -2.39. The highest BCUT2D eigenvalue weighted by atomic mass is 79.9. The summed E-state index contributed by atoms with van der Waals surface area (Å²) in [6, 6.07) is 17.6. The Kier molecular flexibility index (Phi) is 5.51. The zero-order valence-corrected chi connectivity index (χ0v) is 15.0. The minimum Gasteiger partial charge on any atom is -0.287 e. The largest absolute Gasteiger partial charge is 0.287 e. The van der Waals surface area contributed by atoms with E-state index in [1.165, 1.54) is 0 Å². The smallest absolute Gasteiger partial charge is 0.259 e. The summed E-state index contributed by atoms with van der Waals surface area (Å²) in [6.07, 6.45) is 0.995. The van der Waals surface area contributed by atoms with Crippen molar-refractivity contribution < 1.29 is 4.79 Å². The number of hydrogen-bond acceptors (Lipinski definition) is 3. The SMILES string of the molecule is O=C(c1cccc(Br)c1)N1CCCSC1=NCc1ccccc1. The molecule has 5 heteroatoms. The molecule has 2 aromatic carbocycles. The molecule has 0 radical (unpaired) electrons. The molecule has 0 atom stereocenters. The lowest BCUT2D eigenvalue weighted by atomic mass is 10.2. The first-order chi connectivity index (χ1) is 11.2. The highest BCUT2D eigenvalue weighted by Gasteiger charge is 2.24. The molecule has 118 valence electrons. The van der Waals surface area contributed by atoms with Gasteiger partial charge in [-0.25, -0.2) is 0 Å². The molecule has 1 fully saturated rings. The molecule has 0 N–H and O–H groups in total. The van der Waals surface area contributed by atoms with Crippen LogP contribution in [0.5, 0.6) is 0 Å². The first-order valence-electron chi connectivity index (χ1n) is 7.52. The van der Waals surface area contributed by atoms with Crippen molar-refractivity contribution in [3.63, 3.8) is 0 Å². The molecule has 0 unspecified atom stereocenters. The van der Waals surface area contributed by atoms with Gasteiger partial charge in [-0.05, 0) is 30.2 Å². The Morgan fingerprint density at radius 1 is 1.17 bits per heavy atom. The van der Waals surface area contributed by atoms with Gasteiger partial charge in [0.2, 0.25) is 0 Å². The lowest BCUT2D eigenvalue weighted by Gasteiger charge is -2.28. The van der Waals surface area contributed by atoms with Crippen LogP contribution in [-0.2, 0) is 6.54 Å². The standard InChI is InChI=1S/C18H17BrN2OS/c19-16-9-4-8-15(12-16)17(22)21-10-5-11-23-18(21)20-13-14-6-2-1-3-7-14/h1-4,6-9,12H,5,10-11,13H2. The maximum absolute atomic E-state index is 12.8. The second kappa shape index (κ2) is 7.79. The average Bonchev–Trinajstić information content (AvgIpc) is 2.60. The fourth-order valence-corrected chi connectivity index (χ4v) is 3.74. The van der Waals surface area contributed by atoms with Gasteiger partial charge in [-0.15, -0.1) is 0 Å². The van der Waals surface area contributed by atoms with Crippen molar-refractivity contribution in [1.82, 2.24) is 4.90 Å². The third kappa shape index (κ3) is 4.24. The highest BCUT2D eigenvalue weighted by molar-refractivity contribution is 9.10. The van der Waals surface area contributed by atoms with Crippen molar-refractivity contribution in [3.8, 4) is 0 Å². The summed E-state index contributed by atoms with van der Waals surface area (Å²) in [5.74, 6) is 1.03. The van der Waals surface area contributed by atoms with Gasteiger partial charge in [0.05, 0.1) is 6.54 Å². The van der Waals surface area contributed by atoms with E-state index in [1.54, 1.807) is 16.7 Å². The van der Waals surface area contributed by atoms with Gasteiger partial charge < -0.3 is 0 Å². The molecule has 0 aromatic heterocycles. The van der Waals surface area contributed by atoms with E-state index >= 15 is 0 Å². The van der Waals surface area contributed by atoms with Crippen LogP contribution in [0.4, 0.5) is 0 Å². The third-order valence-electron chi connectivity index (χ3n) is 3.54. The number of thioether (sulfide) groups is 1. The number of amidine groups is 1. The molecule has 23 heavy (non-hydrogen) atoms. The summed E-state index contributed by atoms with van der Waals surface area (Å²) >= 11 is 5.09. The van der Waals surface area contributed by atoms with Crippen molar-refractivity contribution in [2.45, 2.75) is 13.0 Å². The number of aliphatic imine (C=N–C) groups is 1. The molecule has 1 aliphatic heterocycles. The molecule has 3 rings (SSSR count). The average molecular weight is 389 g/mol. The maximum atomic E-state index is 12.8. The molecule has 1 saturated heterocycles. The topological polar surface area (TPSA) is 32.7 Å². The van der Waals surface area contributed by atoms with Gasteiger partial charge in [0.25, 0.3) is 5.91 Å². The zero-order valence-electron chi connectivity index (χ0n) is 12.6. The quantitative estimate of drug-likeness (QED) is 0.770. The number of rotatable bonds is 3. The Morgan fingerprint density at radius 3 is 2.78 bits per heavy atom. The fraction of sp³-hybridized carbons (Fsp3) is 0.222. The van der Waals surface area contributed by atoms with Crippen LogP contribution in [0.15, 0.2) is 64.1 Å². The normalized spacial score (nSPS) is 16.6. The summed E-state index contributed by atoms with van der Waals surface area (Å²) in [4.78, 5) is 19.3. The van der Waals surface area contributed by atoms with E-state index in [2.05, 4.69) is 33.1 Å². The van der Waals surface area contributed by atoms with Crippen LogP contribution < -0.4 is 0 Å². The number of nitrogens with zero attached hydrogens (tertiary/aromatic N) is 2. The van der Waals surface area contributed by atoms with Crippen LogP contribution in [0.2, 0.25) is 0 Å². The predicted octanol–water partition coefficient (Wildman–Crippen LogP) is 4.58. The van der Waals surface area contributed by atoms with Crippen molar-refractivity contribution in [1.29, 1.82) is 0 Å². The van der Waals surface area contributed by atoms with Crippen LogP contribution in [-0.4, -0.2) is 28.3 Å². The Hall–Kier alpha value is -1.59. The van der Waals surface area contributed by atoms with E-state index in [0.29, 0.717) is 12.1 Å². The third-order valence-corrected chi connectivity index (χ3v) is 5.14. The molecule has 1 amide bonds. The predicted molar refractivity (Wildman–Crippen MR) is 99.8 cm³/mol. The van der Waals surface area contributed by atoms with Gasteiger partial charge in [0.15, 0.2) is 5.17 Å². The molecule has 0 saturated carbocycles.